The number of nitrogens with one attached hydrogen (secondary N) is 1. The van der Waals surface area contributed by atoms with E-state index in [1.807, 2.05) is 14.7 Å². The minimum Gasteiger partial charge on any atom is -0.314 e. The average Bonchev–Trinajstić information content (AvgIpc) is 3.05. The van der Waals surface area contributed by atoms with Gasteiger partial charge in [0.1, 0.15) is 6.17 Å². The van der Waals surface area contributed by atoms with Crippen molar-refractivity contribution in [3.8, 4) is 0 Å². The highest BCUT2D eigenvalue weighted by Crippen LogP contribution is 2.37. The molecular weight excluding hydrogens is 294 g/mol. The first kappa shape index (κ1) is 15.1. The lowest BCUT2D eigenvalue weighted by molar-refractivity contribution is -0.0291. The normalized spacial score (nSPS) is 33.2. The van der Waals surface area contributed by atoms with E-state index in [0.29, 0.717) is 19.4 Å². The fraction of sp³-hybridized carbons (Fsp3) is 0.875. The van der Waals surface area contributed by atoms with Crippen LogP contribution in [0.15, 0.2) is 0 Å². The van der Waals surface area contributed by atoms with Gasteiger partial charge in [0.2, 0.25) is 0 Å². The van der Waals surface area contributed by atoms with Crippen LogP contribution < -0.4 is 5.32 Å². The second kappa shape index (κ2) is 5.54. The summed E-state index contributed by atoms with van der Waals surface area (Å²) in [6.45, 7) is 5.54. The van der Waals surface area contributed by atoms with Crippen LogP contribution in [-0.2, 0) is 0 Å². The van der Waals surface area contributed by atoms with Crippen molar-refractivity contribution in [2.45, 2.75) is 76.8 Å². The van der Waals surface area contributed by atoms with E-state index in [2.05, 4.69) is 24.1 Å². The molecule has 4 fully saturated rings. The number of amides is 4. The van der Waals surface area contributed by atoms with Gasteiger partial charge in [-0.2, -0.15) is 0 Å². The number of rotatable bonds is 3. The number of hydrogen-bond acceptors (Lipinski definition) is 3. The Bertz CT molecular complexity index is 507. The summed E-state index contributed by atoms with van der Waals surface area (Å²) in [4.78, 5) is 33.4. The Balaban J connectivity index is 1.61. The zero-order chi connectivity index (χ0) is 16.1. The van der Waals surface area contributed by atoms with E-state index in [1.54, 1.807) is 0 Å². The maximum Gasteiger partial charge on any atom is 0.324 e. The first-order chi connectivity index (χ1) is 11.1. The first-order valence-electron chi connectivity index (χ1n) is 9.02. The Morgan fingerprint density at radius 3 is 2.52 bits per heavy atom. The summed E-state index contributed by atoms with van der Waals surface area (Å²) in [6.07, 6.45) is 6.47. The van der Waals surface area contributed by atoms with Crippen molar-refractivity contribution in [2.75, 3.05) is 13.3 Å². The molecule has 128 valence electrons. The van der Waals surface area contributed by atoms with Gasteiger partial charge in [-0.1, -0.05) is 26.2 Å². The highest BCUT2D eigenvalue weighted by molar-refractivity contribution is 5.85. The summed E-state index contributed by atoms with van der Waals surface area (Å²) in [5.41, 5.74) is 0. The number of nitrogens with zero attached hydrogens (tertiary/aromatic N) is 4. The van der Waals surface area contributed by atoms with Gasteiger partial charge in [0.05, 0.1) is 13.3 Å². The van der Waals surface area contributed by atoms with E-state index < -0.39 is 0 Å². The van der Waals surface area contributed by atoms with Gasteiger partial charge in [-0.05, 0) is 26.2 Å². The Morgan fingerprint density at radius 1 is 1.13 bits per heavy atom. The SMILES string of the molecule is CC[C@H](C)N1CN2C(=O)N[C@@H]3[C@H]2N(C1)C(=O)N3C1CCCCC1. The summed E-state index contributed by atoms with van der Waals surface area (Å²) in [6, 6.07) is 0.708. The summed E-state index contributed by atoms with van der Waals surface area (Å²) >= 11 is 0. The van der Waals surface area contributed by atoms with Crippen LogP contribution in [-0.4, -0.2) is 69.4 Å². The van der Waals surface area contributed by atoms with Crippen molar-refractivity contribution in [1.29, 1.82) is 0 Å². The minimum absolute atomic E-state index is 0.0358. The first-order valence-corrected chi connectivity index (χ1v) is 9.02. The lowest BCUT2D eigenvalue weighted by Crippen LogP contribution is -2.61. The third kappa shape index (κ3) is 2.20. The summed E-state index contributed by atoms with van der Waals surface area (Å²) < 4.78 is 0. The molecular formula is C16H27N5O2. The maximum absolute atomic E-state index is 13.0. The zero-order valence-electron chi connectivity index (χ0n) is 14.1. The van der Waals surface area contributed by atoms with Crippen molar-refractivity contribution >= 4 is 12.1 Å². The summed E-state index contributed by atoms with van der Waals surface area (Å²) in [7, 11) is 0. The van der Waals surface area contributed by atoms with Gasteiger partial charge < -0.3 is 5.32 Å². The fourth-order valence-electron chi connectivity index (χ4n) is 4.51. The number of hydrogen-bond donors (Lipinski definition) is 1. The molecule has 4 rings (SSSR count). The van der Waals surface area contributed by atoms with Gasteiger partial charge >= 0.3 is 12.1 Å². The predicted molar refractivity (Wildman–Crippen MR) is 85.2 cm³/mol. The zero-order valence-corrected chi connectivity index (χ0v) is 14.1. The molecule has 7 heteroatoms. The molecule has 0 aromatic rings. The van der Waals surface area contributed by atoms with Crippen LogP contribution >= 0.6 is 0 Å². The lowest BCUT2D eigenvalue weighted by atomic mass is 9.94. The van der Waals surface area contributed by atoms with E-state index in [0.717, 1.165) is 19.3 Å². The molecule has 0 bridgehead atoms. The average molecular weight is 321 g/mol. The largest absolute Gasteiger partial charge is 0.324 e. The molecule has 3 atom stereocenters. The quantitative estimate of drug-likeness (QED) is 0.862. The molecule has 0 aromatic heterocycles. The number of carbonyl (C=O) groups is 2. The van der Waals surface area contributed by atoms with Crippen molar-refractivity contribution in [3.05, 3.63) is 0 Å². The third-order valence-corrected chi connectivity index (χ3v) is 6.07. The standard InChI is InChI=1S/C16H27N5O2/c1-3-11(2)18-9-19-14-13(17-15(19)22)21(16(23)20(14)10-18)12-7-5-4-6-8-12/h11-14H,3-10H2,1-2H3,(H,17,22)/t11-,13-,14+/m0/s1. The molecule has 0 unspecified atom stereocenters. The van der Waals surface area contributed by atoms with Gasteiger partial charge in [-0.25, -0.2) is 9.59 Å². The molecule has 7 nitrogen and oxygen atoms in total. The van der Waals surface area contributed by atoms with Crippen molar-refractivity contribution < 1.29 is 9.59 Å². The molecule has 0 aromatic carbocycles. The molecule has 3 saturated heterocycles. The maximum atomic E-state index is 13.0. The monoisotopic (exact) mass is 321 g/mol. The Morgan fingerprint density at radius 2 is 1.83 bits per heavy atom. The van der Waals surface area contributed by atoms with Gasteiger partial charge in [0.15, 0.2) is 6.17 Å². The molecule has 1 saturated carbocycles. The Labute approximate surface area is 137 Å². The van der Waals surface area contributed by atoms with E-state index >= 15 is 0 Å². The molecule has 23 heavy (non-hydrogen) atoms. The second-order valence-electron chi connectivity index (χ2n) is 7.36. The minimum atomic E-state index is -0.169. The van der Waals surface area contributed by atoms with E-state index in [1.165, 1.54) is 19.3 Å². The van der Waals surface area contributed by atoms with Crippen LogP contribution in [0.2, 0.25) is 0 Å². The molecule has 1 N–H and O–H groups in total. The van der Waals surface area contributed by atoms with Gasteiger partial charge in [0, 0.05) is 12.1 Å². The molecule has 3 heterocycles. The topological polar surface area (TPSA) is 59.1 Å². The molecule has 4 aliphatic rings. The van der Waals surface area contributed by atoms with Crippen LogP contribution in [0, 0.1) is 0 Å². The van der Waals surface area contributed by atoms with E-state index in [9.17, 15) is 9.59 Å². The van der Waals surface area contributed by atoms with E-state index in [-0.39, 0.29) is 30.4 Å². The lowest BCUT2D eigenvalue weighted by Gasteiger charge is -2.43. The molecule has 0 radical (unpaired) electrons. The number of carbonyl (C=O) groups excluding carboxylic acids is 2. The van der Waals surface area contributed by atoms with Crippen LogP contribution in [0.3, 0.4) is 0 Å². The van der Waals surface area contributed by atoms with Gasteiger partial charge in [-0.3, -0.25) is 19.6 Å². The summed E-state index contributed by atoms with van der Waals surface area (Å²) in [5.74, 6) is 0. The molecule has 0 spiro atoms. The van der Waals surface area contributed by atoms with Crippen molar-refractivity contribution in [3.63, 3.8) is 0 Å². The third-order valence-electron chi connectivity index (χ3n) is 6.07. The second-order valence-corrected chi connectivity index (χ2v) is 7.36. The Hall–Kier alpha value is -1.50. The van der Waals surface area contributed by atoms with Gasteiger partial charge in [-0.15, -0.1) is 0 Å². The van der Waals surface area contributed by atoms with E-state index in [4.69, 9.17) is 0 Å². The van der Waals surface area contributed by atoms with Gasteiger partial charge in [0.25, 0.3) is 0 Å². The van der Waals surface area contributed by atoms with Crippen molar-refractivity contribution in [1.82, 2.24) is 24.9 Å². The highest BCUT2D eigenvalue weighted by Gasteiger charge is 2.59. The van der Waals surface area contributed by atoms with Crippen molar-refractivity contribution in [2.24, 2.45) is 0 Å². The molecule has 4 amide bonds. The Kier molecular flexibility index (Phi) is 3.63. The number of urea groups is 2. The molecule has 1 aliphatic carbocycles. The predicted octanol–water partition coefficient (Wildman–Crippen LogP) is 1.76. The highest BCUT2D eigenvalue weighted by atomic mass is 16.2. The van der Waals surface area contributed by atoms with Crippen LogP contribution in [0.25, 0.3) is 0 Å². The van der Waals surface area contributed by atoms with Crippen LogP contribution in [0.1, 0.15) is 52.4 Å². The fourth-order valence-corrected chi connectivity index (χ4v) is 4.51. The van der Waals surface area contributed by atoms with Crippen LogP contribution in [0.5, 0.6) is 0 Å². The molecule has 3 aliphatic heterocycles. The smallest absolute Gasteiger partial charge is 0.314 e. The summed E-state index contributed by atoms with van der Waals surface area (Å²) in [5, 5.41) is 3.07. The van der Waals surface area contributed by atoms with Crippen LogP contribution in [0.4, 0.5) is 9.59 Å².